The molecule has 2 saturated carbocycles. The van der Waals surface area contributed by atoms with Crippen molar-refractivity contribution in [2.24, 2.45) is 0 Å². The van der Waals surface area contributed by atoms with Gasteiger partial charge in [-0.15, -0.1) is 0 Å². The quantitative estimate of drug-likeness (QED) is 0.289. The van der Waals surface area contributed by atoms with Crippen LogP contribution in [0.3, 0.4) is 0 Å². The first-order valence-electron chi connectivity index (χ1n) is 13.0. The molecule has 0 unspecified atom stereocenters. The van der Waals surface area contributed by atoms with Gasteiger partial charge in [0.15, 0.2) is 11.5 Å². The number of nitrogens with one attached hydrogen (secondary N) is 1. The standard InChI is InChI=1S/C22H25F3N4O4.C2HF3O2/c1-12-2-3-13(21(33,11-30)22(23,24)25)8-14(12)15-9-27-17(26)16(28-15)18(31)29-19-4-6-20(32,10-19)7-5-19;3-2(4,5)1(6)7/h2-3,8-9,30,32-33H,4-7,10-11H2,1H3,(H2,26,27)(H,29,31);(H,6,7)/t19?,20?,21-;/m1./s1/i1D3;. The van der Waals surface area contributed by atoms with Gasteiger partial charge in [0.2, 0.25) is 5.60 Å². The Hall–Kier alpha value is -3.50. The number of benzene rings is 1. The van der Waals surface area contributed by atoms with Gasteiger partial charge in [0, 0.05) is 15.2 Å². The van der Waals surface area contributed by atoms with Gasteiger partial charge in [-0.05, 0) is 56.1 Å². The van der Waals surface area contributed by atoms with E-state index in [1.807, 2.05) is 0 Å². The highest BCUT2D eigenvalue weighted by Crippen LogP contribution is 2.50. The number of hydrogen-bond donors (Lipinski definition) is 6. The first-order chi connectivity index (χ1) is 19.5. The van der Waals surface area contributed by atoms with Crippen molar-refractivity contribution in [2.75, 3.05) is 12.3 Å². The highest BCUT2D eigenvalue weighted by Gasteiger charge is 2.55. The molecule has 40 heavy (non-hydrogen) atoms. The molecule has 2 bridgehead atoms. The Bertz CT molecular complexity index is 1400. The van der Waals surface area contributed by atoms with Gasteiger partial charge in [0.1, 0.15) is 0 Å². The zero-order valence-corrected chi connectivity index (χ0v) is 20.4. The van der Waals surface area contributed by atoms with E-state index < -0.39 is 65.6 Å². The maximum Gasteiger partial charge on any atom is 0.490 e. The molecule has 1 amide bonds. The van der Waals surface area contributed by atoms with Crippen LogP contribution in [0.15, 0.2) is 24.4 Å². The van der Waals surface area contributed by atoms with E-state index in [1.54, 1.807) is 0 Å². The second-order valence-corrected chi connectivity index (χ2v) is 9.70. The lowest BCUT2D eigenvalue weighted by atomic mass is 9.90. The molecule has 0 aliphatic heterocycles. The second kappa shape index (κ2) is 10.5. The van der Waals surface area contributed by atoms with E-state index in [0.717, 1.165) is 24.4 Å². The highest BCUT2D eigenvalue weighted by atomic mass is 19.4. The summed E-state index contributed by atoms with van der Waals surface area (Å²) in [6.45, 7) is -4.51. The Morgan fingerprint density at radius 2 is 1.75 bits per heavy atom. The number of amides is 1. The fraction of sp³-hybridized carbons (Fsp3) is 0.500. The maximum atomic E-state index is 13.5. The van der Waals surface area contributed by atoms with Crippen LogP contribution in [-0.2, 0) is 10.4 Å². The van der Waals surface area contributed by atoms with Crippen LogP contribution in [0, 0.1) is 6.85 Å². The monoisotopic (exact) mass is 583 g/mol. The Morgan fingerprint density at radius 3 is 2.20 bits per heavy atom. The zero-order valence-electron chi connectivity index (χ0n) is 23.4. The summed E-state index contributed by atoms with van der Waals surface area (Å²) in [6, 6.07) is 2.38. The number of nitrogens with zero attached hydrogens (tertiary/aromatic N) is 2. The van der Waals surface area contributed by atoms with Crippen molar-refractivity contribution in [3.63, 3.8) is 0 Å². The third-order valence-electron chi connectivity index (χ3n) is 6.91. The van der Waals surface area contributed by atoms with Gasteiger partial charge < -0.3 is 31.5 Å². The van der Waals surface area contributed by atoms with Crippen molar-refractivity contribution in [3.05, 3.63) is 41.2 Å². The van der Waals surface area contributed by atoms with Crippen LogP contribution < -0.4 is 11.1 Å². The van der Waals surface area contributed by atoms with Gasteiger partial charge in [-0.1, -0.05) is 12.1 Å². The molecule has 4 rings (SSSR count). The fourth-order valence-electron chi connectivity index (χ4n) is 4.70. The van der Waals surface area contributed by atoms with Crippen molar-refractivity contribution in [3.8, 4) is 11.3 Å². The molecule has 2 aliphatic carbocycles. The van der Waals surface area contributed by atoms with E-state index in [1.165, 1.54) is 0 Å². The molecule has 16 heteroatoms. The molecular weight excluding hydrogens is 554 g/mol. The Balaban J connectivity index is 0.000000646. The maximum absolute atomic E-state index is 13.5. The first kappa shape index (κ1) is 26.7. The summed E-state index contributed by atoms with van der Waals surface area (Å²) in [5.41, 5.74) is -1.52. The van der Waals surface area contributed by atoms with Crippen molar-refractivity contribution >= 4 is 17.7 Å². The average Bonchev–Trinajstić information content (AvgIpc) is 3.39. The molecule has 2 aliphatic rings. The largest absolute Gasteiger partial charge is 0.490 e. The number of carboxylic acids is 1. The second-order valence-electron chi connectivity index (χ2n) is 9.70. The molecule has 10 nitrogen and oxygen atoms in total. The van der Waals surface area contributed by atoms with E-state index in [-0.39, 0.29) is 22.8 Å². The van der Waals surface area contributed by atoms with Crippen LogP contribution in [0.4, 0.5) is 32.2 Å². The van der Waals surface area contributed by atoms with E-state index >= 15 is 0 Å². The summed E-state index contributed by atoms with van der Waals surface area (Å²) in [5, 5.41) is 39.9. The molecule has 2 aromatic rings. The molecule has 220 valence electrons. The predicted octanol–water partition coefficient (Wildman–Crippen LogP) is 2.59. The molecule has 7 N–H and O–H groups in total. The zero-order chi connectivity index (χ0) is 32.8. The lowest BCUT2D eigenvalue weighted by Gasteiger charge is -2.29. The number of aromatic nitrogens is 2. The first-order valence-corrected chi connectivity index (χ1v) is 11.5. The van der Waals surface area contributed by atoms with E-state index in [9.17, 15) is 46.5 Å². The number of fused-ring (bicyclic) bond motifs is 2. The van der Waals surface area contributed by atoms with Crippen molar-refractivity contribution in [1.82, 2.24) is 15.3 Å². The lowest BCUT2D eigenvalue weighted by molar-refractivity contribution is -0.277. The fourth-order valence-corrected chi connectivity index (χ4v) is 4.70. The van der Waals surface area contributed by atoms with Gasteiger partial charge in [-0.2, -0.15) is 26.3 Å². The van der Waals surface area contributed by atoms with E-state index in [0.29, 0.717) is 32.1 Å². The van der Waals surface area contributed by atoms with Crippen LogP contribution in [0.25, 0.3) is 11.3 Å². The molecule has 0 radical (unpaired) electrons. The third kappa shape index (κ3) is 6.13. The Morgan fingerprint density at radius 1 is 1.15 bits per heavy atom. The minimum atomic E-state index is -5.28. The Labute approximate surface area is 227 Å². The average molecular weight is 584 g/mol. The highest BCUT2D eigenvalue weighted by molar-refractivity contribution is 5.97. The number of carbonyl (C=O) groups is 2. The lowest BCUT2D eigenvalue weighted by Crippen LogP contribution is -2.45. The number of alkyl halides is 6. The van der Waals surface area contributed by atoms with Crippen LogP contribution in [0.5, 0.6) is 0 Å². The molecule has 0 saturated heterocycles. The molecule has 0 spiro atoms. The van der Waals surface area contributed by atoms with Crippen LogP contribution in [0.2, 0.25) is 0 Å². The summed E-state index contributed by atoms with van der Waals surface area (Å²) in [6.07, 6.45) is -6.85. The summed E-state index contributed by atoms with van der Waals surface area (Å²) in [4.78, 5) is 30.0. The SMILES string of the molecule is O=C(O)C(F)(F)F.[2H]C([2H])([2H])c1ccc([C@](O)(CO)C(F)(F)F)cc1-c1cnc(N)c(C(=O)NC23CCC(O)(CC2)C3)n1. The number of aliphatic carboxylic acids is 1. The number of aryl methyl sites for hydroxylation is 1. The van der Waals surface area contributed by atoms with Crippen molar-refractivity contribution in [2.45, 2.75) is 68.0 Å². The number of aliphatic hydroxyl groups is 3. The molecule has 1 atom stereocenters. The smallest absolute Gasteiger partial charge is 0.475 e. The normalized spacial score (nSPS) is 25.1. The minimum Gasteiger partial charge on any atom is -0.475 e. The summed E-state index contributed by atoms with van der Waals surface area (Å²) in [7, 11) is 0. The number of aliphatic hydroxyl groups excluding tert-OH is 1. The Kier molecular flexibility index (Phi) is 7.00. The number of anilines is 1. The minimum absolute atomic E-state index is 0.267. The number of nitrogens with two attached hydrogens (primary N) is 1. The van der Waals surface area contributed by atoms with Gasteiger partial charge in [-0.3, -0.25) is 4.79 Å². The number of halogens is 6. The van der Waals surface area contributed by atoms with Gasteiger partial charge in [0.25, 0.3) is 5.91 Å². The summed E-state index contributed by atoms with van der Waals surface area (Å²) >= 11 is 0. The number of rotatable bonds is 5. The number of nitrogen functional groups attached to an aromatic ring is 1. The predicted molar refractivity (Wildman–Crippen MR) is 126 cm³/mol. The number of carboxylic acid groups (broad SMARTS) is 1. The molecule has 2 fully saturated rings. The van der Waals surface area contributed by atoms with Gasteiger partial charge >= 0.3 is 18.3 Å². The molecular formula is C24H26F6N4O6. The molecule has 1 aromatic heterocycles. The molecule has 1 aromatic carbocycles. The summed E-state index contributed by atoms with van der Waals surface area (Å²) < 4.78 is 95.7. The van der Waals surface area contributed by atoms with Crippen LogP contribution >= 0.6 is 0 Å². The van der Waals surface area contributed by atoms with Gasteiger partial charge in [-0.25, -0.2) is 14.8 Å². The summed E-state index contributed by atoms with van der Waals surface area (Å²) in [5.74, 6) is -3.76. The number of carbonyl (C=O) groups excluding carboxylic acids is 1. The topological polar surface area (TPSA) is 179 Å². The van der Waals surface area contributed by atoms with Gasteiger partial charge in [0.05, 0.1) is 24.1 Å². The van der Waals surface area contributed by atoms with E-state index in [2.05, 4.69) is 15.3 Å². The third-order valence-corrected chi connectivity index (χ3v) is 6.91. The molecule has 1 heterocycles. The van der Waals surface area contributed by atoms with Crippen molar-refractivity contribution in [1.29, 1.82) is 0 Å². The van der Waals surface area contributed by atoms with Crippen molar-refractivity contribution < 1.29 is 60.5 Å². The van der Waals surface area contributed by atoms with Crippen LogP contribution in [0.1, 0.15) is 57.8 Å². The number of hydrogen-bond acceptors (Lipinski definition) is 8. The van der Waals surface area contributed by atoms with E-state index in [4.69, 9.17) is 19.7 Å². The van der Waals surface area contributed by atoms with Crippen LogP contribution in [-0.4, -0.2) is 72.4 Å².